The van der Waals surface area contributed by atoms with E-state index in [2.05, 4.69) is 5.09 Å². The van der Waals surface area contributed by atoms with Gasteiger partial charge in [-0.2, -0.15) is 0 Å². The van der Waals surface area contributed by atoms with Gasteiger partial charge in [-0.15, -0.1) is 0 Å². The van der Waals surface area contributed by atoms with Crippen LogP contribution in [-0.2, 0) is 9.30 Å². The van der Waals surface area contributed by atoms with Crippen molar-refractivity contribution in [2.45, 2.75) is 39.2 Å². The molecule has 0 aliphatic heterocycles. The normalized spacial score (nSPS) is 17.8. The highest BCUT2D eigenvalue weighted by Crippen LogP contribution is 2.48. The first-order chi connectivity index (χ1) is 8.80. The fourth-order valence-corrected chi connectivity index (χ4v) is 3.11. The predicted molar refractivity (Wildman–Crippen MR) is 75.4 cm³/mol. The molecule has 0 aromatic heterocycles. The molecular formula is C12H19ClNO4P. The predicted octanol–water partition coefficient (Wildman–Crippen LogP) is 3.13. The van der Waals surface area contributed by atoms with Gasteiger partial charge in [0.2, 0.25) is 0 Å². The summed E-state index contributed by atoms with van der Waals surface area (Å²) in [7, 11) is 0. The zero-order valence-corrected chi connectivity index (χ0v) is 12.8. The minimum atomic E-state index is -3.59. The highest BCUT2D eigenvalue weighted by molar-refractivity contribution is 7.84. The molecule has 2 N–H and O–H groups in total. The molecule has 108 valence electrons. The fraction of sp³-hybridized carbons (Fsp3) is 0.500. The van der Waals surface area contributed by atoms with E-state index in [0.717, 1.165) is 0 Å². The minimum absolute atomic E-state index is 0.149. The first kappa shape index (κ1) is 16.5. The van der Waals surface area contributed by atoms with Gasteiger partial charge >= 0.3 is 6.87 Å². The number of para-hydroxylation sites is 1. The lowest BCUT2D eigenvalue weighted by Crippen LogP contribution is -2.38. The Labute approximate surface area is 118 Å². The van der Waals surface area contributed by atoms with Gasteiger partial charge in [0.25, 0.3) is 0 Å². The molecule has 1 rings (SSSR count). The molecule has 5 nitrogen and oxygen atoms in total. The van der Waals surface area contributed by atoms with Gasteiger partial charge in [0.1, 0.15) is 5.75 Å². The molecule has 0 aliphatic carbocycles. The van der Waals surface area contributed by atoms with E-state index in [1.165, 1.54) is 0 Å². The molecule has 0 aliphatic rings. The van der Waals surface area contributed by atoms with E-state index in [0.29, 0.717) is 5.75 Å². The van der Waals surface area contributed by atoms with Crippen LogP contribution in [0.2, 0.25) is 0 Å². The van der Waals surface area contributed by atoms with Crippen LogP contribution in [0, 0.1) is 0 Å². The van der Waals surface area contributed by atoms with Gasteiger partial charge in [-0.05, 0) is 32.9 Å². The van der Waals surface area contributed by atoms with Gasteiger partial charge in [0.15, 0.2) is 6.29 Å². The lowest BCUT2D eigenvalue weighted by Gasteiger charge is -2.24. The molecule has 3 unspecified atom stereocenters. The number of halogens is 1. The molecule has 19 heavy (non-hydrogen) atoms. The fourth-order valence-electron chi connectivity index (χ4n) is 1.35. The lowest BCUT2D eigenvalue weighted by atomic mass is 10.3. The Kier molecular flexibility index (Phi) is 6.30. The number of aliphatic hydroxyl groups is 1. The minimum Gasteiger partial charge on any atom is -0.422 e. The van der Waals surface area contributed by atoms with Crippen molar-refractivity contribution in [1.82, 2.24) is 5.09 Å². The number of aliphatic hydroxyl groups excluding tert-OH is 1. The van der Waals surface area contributed by atoms with Crippen molar-refractivity contribution in [3.63, 3.8) is 0 Å². The molecule has 0 saturated carbocycles. The van der Waals surface area contributed by atoms with Crippen molar-refractivity contribution in [3.05, 3.63) is 30.3 Å². The molecular weight excluding hydrogens is 289 g/mol. The molecule has 0 radical (unpaired) electrons. The van der Waals surface area contributed by atoms with E-state index < -0.39 is 19.2 Å². The SMILES string of the molecule is CC(C)OC(O)C(C)NP(=O)(Cl)Oc1ccccc1. The van der Waals surface area contributed by atoms with Gasteiger partial charge in [-0.1, -0.05) is 18.2 Å². The Bertz CT molecular complexity index is 429. The standard InChI is InChI=1S/C12H19ClNO4P/c1-9(2)17-12(15)10(3)14-19(13,16)18-11-7-5-4-6-8-11/h4-10,12,15H,1-3H3,(H,14,16). The van der Waals surface area contributed by atoms with Crippen LogP contribution in [0.25, 0.3) is 0 Å². The third-order valence-electron chi connectivity index (χ3n) is 2.16. The number of hydrogen-bond acceptors (Lipinski definition) is 4. The maximum Gasteiger partial charge on any atom is 0.409 e. The van der Waals surface area contributed by atoms with Crippen molar-refractivity contribution in [3.8, 4) is 5.75 Å². The second kappa shape index (κ2) is 7.27. The summed E-state index contributed by atoms with van der Waals surface area (Å²) in [6, 6.07) is 7.95. The molecule has 0 spiro atoms. The monoisotopic (exact) mass is 307 g/mol. The zero-order valence-electron chi connectivity index (χ0n) is 11.1. The summed E-state index contributed by atoms with van der Waals surface area (Å²) < 4.78 is 22.4. The molecule has 1 aromatic rings. The van der Waals surface area contributed by atoms with Crippen LogP contribution in [0.15, 0.2) is 30.3 Å². The Morgan fingerprint density at radius 1 is 1.26 bits per heavy atom. The summed E-state index contributed by atoms with van der Waals surface area (Å²) in [5.41, 5.74) is 0. The lowest BCUT2D eigenvalue weighted by molar-refractivity contribution is -0.137. The maximum atomic E-state index is 12.0. The third-order valence-corrected chi connectivity index (χ3v) is 3.82. The largest absolute Gasteiger partial charge is 0.422 e. The van der Waals surface area contributed by atoms with Crippen molar-refractivity contribution in [2.75, 3.05) is 0 Å². The van der Waals surface area contributed by atoms with E-state index in [-0.39, 0.29) is 6.10 Å². The van der Waals surface area contributed by atoms with E-state index in [1.54, 1.807) is 45.0 Å². The highest BCUT2D eigenvalue weighted by Gasteiger charge is 2.28. The van der Waals surface area contributed by atoms with Crippen LogP contribution in [0.4, 0.5) is 0 Å². The smallest absolute Gasteiger partial charge is 0.409 e. The van der Waals surface area contributed by atoms with E-state index in [4.69, 9.17) is 20.5 Å². The Hall–Kier alpha value is -0.580. The molecule has 0 heterocycles. The topological polar surface area (TPSA) is 67.8 Å². The van der Waals surface area contributed by atoms with Crippen molar-refractivity contribution in [2.24, 2.45) is 0 Å². The molecule has 0 fully saturated rings. The van der Waals surface area contributed by atoms with Gasteiger partial charge in [0, 0.05) is 11.2 Å². The second-order valence-electron chi connectivity index (χ2n) is 4.38. The van der Waals surface area contributed by atoms with Gasteiger partial charge in [-0.3, -0.25) is 0 Å². The van der Waals surface area contributed by atoms with Gasteiger partial charge in [-0.25, -0.2) is 9.65 Å². The number of benzene rings is 1. The molecule has 3 atom stereocenters. The van der Waals surface area contributed by atoms with Crippen LogP contribution >= 0.6 is 18.1 Å². The first-order valence-electron chi connectivity index (χ1n) is 5.96. The molecule has 0 saturated heterocycles. The summed E-state index contributed by atoms with van der Waals surface area (Å²) in [5, 5.41) is 12.2. The van der Waals surface area contributed by atoms with Gasteiger partial charge < -0.3 is 14.4 Å². The van der Waals surface area contributed by atoms with Crippen LogP contribution in [0.3, 0.4) is 0 Å². The van der Waals surface area contributed by atoms with Crippen molar-refractivity contribution >= 4 is 18.1 Å². The maximum absolute atomic E-state index is 12.0. The number of hydrogen-bond donors (Lipinski definition) is 2. The summed E-state index contributed by atoms with van der Waals surface area (Å²) >= 11 is 5.80. The summed E-state index contributed by atoms with van der Waals surface area (Å²) in [6.45, 7) is 1.60. The third kappa shape index (κ3) is 6.41. The van der Waals surface area contributed by atoms with Crippen LogP contribution in [0.1, 0.15) is 20.8 Å². The second-order valence-corrected chi connectivity index (χ2v) is 7.11. The highest BCUT2D eigenvalue weighted by atomic mass is 35.7. The Morgan fingerprint density at radius 2 is 1.84 bits per heavy atom. The van der Waals surface area contributed by atoms with E-state index in [1.807, 2.05) is 6.07 Å². The molecule has 0 bridgehead atoms. The van der Waals surface area contributed by atoms with Crippen molar-refractivity contribution in [1.29, 1.82) is 0 Å². The number of rotatable bonds is 7. The Balaban J connectivity index is 2.56. The zero-order chi connectivity index (χ0) is 14.5. The number of ether oxygens (including phenoxy) is 1. The molecule has 1 aromatic carbocycles. The quantitative estimate of drug-likeness (QED) is 0.598. The molecule has 7 heteroatoms. The summed E-state index contributed by atoms with van der Waals surface area (Å²) in [6.07, 6.45) is -1.27. The summed E-state index contributed by atoms with van der Waals surface area (Å²) in [4.78, 5) is 0. The van der Waals surface area contributed by atoms with Crippen LogP contribution < -0.4 is 9.61 Å². The number of nitrogens with one attached hydrogen (secondary N) is 1. The van der Waals surface area contributed by atoms with Gasteiger partial charge in [0.05, 0.1) is 12.1 Å². The van der Waals surface area contributed by atoms with Crippen molar-refractivity contribution < 1.29 is 18.9 Å². The molecule has 0 amide bonds. The first-order valence-corrected chi connectivity index (χ1v) is 8.49. The van der Waals surface area contributed by atoms with E-state index in [9.17, 15) is 9.67 Å². The average Bonchev–Trinajstić information content (AvgIpc) is 2.27. The summed E-state index contributed by atoms with van der Waals surface area (Å²) in [5.74, 6) is 0.389. The van der Waals surface area contributed by atoms with Crippen LogP contribution in [-0.4, -0.2) is 23.5 Å². The van der Waals surface area contributed by atoms with Crippen LogP contribution in [0.5, 0.6) is 5.75 Å². The van der Waals surface area contributed by atoms with E-state index >= 15 is 0 Å². The Morgan fingerprint density at radius 3 is 2.37 bits per heavy atom. The average molecular weight is 308 g/mol.